The maximum Gasteiger partial charge on any atom is 0.269 e. The number of nitrogens with one attached hydrogen (secondary N) is 1. The predicted molar refractivity (Wildman–Crippen MR) is 82.5 cm³/mol. The summed E-state index contributed by atoms with van der Waals surface area (Å²) in [5.41, 5.74) is 8.33. The number of thiophene rings is 1. The Morgan fingerprint density at radius 3 is 2.81 bits per heavy atom. The Hall–Kier alpha value is -2.48. The molecule has 0 atom stereocenters. The Labute approximate surface area is 124 Å². The van der Waals surface area contributed by atoms with Crippen molar-refractivity contribution in [3.05, 3.63) is 28.4 Å². The van der Waals surface area contributed by atoms with Crippen LogP contribution in [0.1, 0.15) is 20.9 Å². The largest absolute Gasteiger partial charge is 0.397 e. The summed E-state index contributed by atoms with van der Waals surface area (Å²) in [7, 11) is 1.78. The van der Waals surface area contributed by atoms with E-state index in [-0.39, 0.29) is 5.91 Å². The summed E-state index contributed by atoms with van der Waals surface area (Å²) < 4.78 is 1.61. The van der Waals surface area contributed by atoms with Crippen molar-refractivity contribution in [2.45, 2.75) is 13.8 Å². The number of amides is 1. The molecule has 3 heterocycles. The zero-order chi connectivity index (χ0) is 15.1. The number of nitrogens with two attached hydrogens (primary N) is 1. The van der Waals surface area contributed by atoms with E-state index in [2.05, 4.69) is 20.6 Å². The smallest absolute Gasteiger partial charge is 0.269 e. The molecule has 108 valence electrons. The average Bonchev–Trinajstić information content (AvgIpc) is 2.98. The molecule has 0 aliphatic carbocycles. The lowest BCUT2D eigenvalue weighted by Crippen LogP contribution is -2.12. The standard InChI is InChI=1S/C13H14N6OS/c1-6-7(2)16-17-13-9(6)10(14)11(21-13)12(20)15-8-4-5-19(3)18-8/h4-5H,14H2,1-3H3,(H,15,18,20). The van der Waals surface area contributed by atoms with Gasteiger partial charge in [0.15, 0.2) is 5.82 Å². The van der Waals surface area contributed by atoms with Crippen LogP contribution in [0.3, 0.4) is 0 Å². The zero-order valence-corrected chi connectivity index (χ0v) is 12.7. The SMILES string of the molecule is Cc1nnc2sc(C(=O)Nc3ccn(C)n3)c(N)c2c1C. The molecule has 0 spiro atoms. The van der Waals surface area contributed by atoms with E-state index in [4.69, 9.17) is 5.73 Å². The van der Waals surface area contributed by atoms with Gasteiger partial charge in [0.05, 0.1) is 11.4 Å². The van der Waals surface area contributed by atoms with Crippen LogP contribution in [-0.2, 0) is 7.05 Å². The van der Waals surface area contributed by atoms with Gasteiger partial charge in [-0.2, -0.15) is 10.2 Å². The summed E-state index contributed by atoms with van der Waals surface area (Å²) in [5.74, 6) is 0.199. The molecule has 0 saturated heterocycles. The number of rotatable bonds is 2. The predicted octanol–water partition coefficient (Wildman–Crippen LogP) is 1.88. The fraction of sp³-hybridized carbons (Fsp3) is 0.231. The van der Waals surface area contributed by atoms with Gasteiger partial charge >= 0.3 is 0 Å². The van der Waals surface area contributed by atoms with Gasteiger partial charge in [-0.25, -0.2) is 0 Å². The number of fused-ring (bicyclic) bond motifs is 1. The van der Waals surface area contributed by atoms with Gasteiger partial charge in [-0.3, -0.25) is 9.48 Å². The number of aryl methyl sites for hydroxylation is 3. The van der Waals surface area contributed by atoms with Crippen molar-refractivity contribution < 1.29 is 4.79 Å². The highest BCUT2D eigenvalue weighted by Crippen LogP contribution is 2.35. The average molecular weight is 302 g/mol. The van der Waals surface area contributed by atoms with Crippen LogP contribution in [0, 0.1) is 13.8 Å². The minimum absolute atomic E-state index is 0.286. The number of hydrogen-bond acceptors (Lipinski definition) is 6. The van der Waals surface area contributed by atoms with Crippen molar-refractivity contribution in [3.8, 4) is 0 Å². The summed E-state index contributed by atoms with van der Waals surface area (Å²) in [6.45, 7) is 3.79. The minimum Gasteiger partial charge on any atom is -0.397 e. The van der Waals surface area contributed by atoms with Crippen molar-refractivity contribution in [2.24, 2.45) is 7.05 Å². The van der Waals surface area contributed by atoms with E-state index in [1.807, 2.05) is 13.8 Å². The quantitative estimate of drug-likeness (QED) is 0.753. The second-order valence-corrected chi connectivity index (χ2v) is 5.76. The van der Waals surface area contributed by atoms with E-state index in [0.29, 0.717) is 21.2 Å². The molecule has 21 heavy (non-hydrogen) atoms. The maximum absolute atomic E-state index is 12.3. The fourth-order valence-electron chi connectivity index (χ4n) is 2.06. The first-order chi connectivity index (χ1) is 9.97. The molecule has 0 aromatic carbocycles. The lowest BCUT2D eigenvalue weighted by Gasteiger charge is -2.02. The molecule has 1 amide bonds. The first-order valence-electron chi connectivity index (χ1n) is 6.30. The van der Waals surface area contributed by atoms with Gasteiger partial charge in [0.2, 0.25) is 0 Å². The molecule has 0 saturated carbocycles. The number of anilines is 2. The molecule has 0 aliphatic heterocycles. The van der Waals surface area contributed by atoms with E-state index < -0.39 is 0 Å². The lowest BCUT2D eigenvalue weighted by atomic mass is 10.1. The van der Waals surface area contributed by atoms with Crippen LogP contribution in [0.4, 0.5) is 11.5 Å². The van der Waals surface area contributed by atoms with E-state index in [1.54, 1.807) is 24.0 Å². The van der Waals surface area contributed by atoms with Crippen molar-refractivity contribution in [3.63, 3.8) is 0 Å². The monoisotopic (exact) mass is 302 g/mol. The van der Waals surface area contributed by atoms with Gasteiger partial charge in [-0.05, 0) is 19.4 Å². The van der Waals surface area contributed by atoms with Gasteiger partial charge in [0.1, 0.15) is 9.71 Å². The Morgan fingerprint density at radius 1 is 1.38 bits per heavy atom. The number of aromatic nitrogens is 4. The van der Waals surface area contributed by atoms with Crippen LogP contribution in [0.25, 0.3) is 10.2 Å². The van der Waals surface area contributed by atoms with Crippen molar-refractivity contribution in [1.29, 1.82) is 0 Å². The minimum atomic E-state index is -0.286. The summed E-state index contributed by atoms with van der Waals surface area (Å²) in [4.78, 5) is 13.4. The molecule has 0 unspecified atom stereocenters. The zero-order valence-electron chi connectivity index (χ0n) is 11.8. The highest BCUT2D eigenvalue weighted by Gasteiger charge is 2.20. The van der Waals surface area contributed by atoms with E-state index >= 15 is 0 Å². The summed E-state index contributed by atoms with van der Waals surface area (Å²) in [5, 5.41) is 15.8. The van der Waals surface area contributed by atoms with Crippen molar-refractivity contribution in [1.82, 2.24) is 20.0 Å². The first-order valence-corrected chi connectivity index (χ1v) is 7.12. The van der Waals surface area contributed by atoms with E-state index in [0.717, 1.165) is 16.6 Å². The third kappa shape index (κ3) is 2.23. The molecule has 0 fully saturated rings. The van der Waals surface area contributed by atoms with Gasteiger partial charge < -0.3 is 11.1 Å². The molecule has 3 N–H and O–H groups in total. The van der Waals surface area contributed by atoms with Crippen LogP contribution >= 0.6 is 11.3 Å². The van der Waals surface area contributed by atoms with Crippen LogP contribution in [0.5, 0.6) is 0 Å². The Morgan fingerprint density at radius 2 is 2.14 bits per heavy atom. The number of nitrogen functional groups attached to an aromatic ring is 1. The lowest BCUT2D eigenvalue weighted by molar-refractivity contribution is 0.103. The third-order valence-electron chi connectivity index (χ3n) is 3.30. The van der Waals surface area contributed by atoms with Gasteiger partial charge in [0.25, 0.3) is 5.91 Å². The molecule has 3 aromatic heterocycles. The molecule has 7 nitrogen and oxygen atoms in total. The molecule has 0 aliphatic rings. The molecule has 0 bridgehead atoms. The topological polar surface area (TPSA) is 98.7 Å². The van der Waals surface area contributed by atoms with Crippen LogP contribution in [0.15, 0.2) is 12.3 Å². The van der Waals surface area contributed by atoms with Crippen LogP contribution in [-0.4, -0.2) is 25.9 Å². The van der Waals surface area contributed by atoms with Gasteiger partial charge in [-0.15, -0.1) is 16.4 Å². The molecular formula is C13H14N6OS. The van der Waals surface area contributed by atoms with Crippen molar-refractivity contribution in [2.75, 3.05) is 11.1 Å². The number of carbonyl (C=O) groups is 1. The number of hydrogen-bond donors (Lipinski definition) is 2. The molecule has 8 heteroatoms. The molecule has 3 rings (SSSR count). The number of nitrogens with zero attached hydrogens (tertiary/aromatic N) is 4. The maximum atomic E-state index is 12.3. The normalized spacial score (nSPS) is 11.0. The van der Waals surface area contributed by atoms with Crippen molar-refractivity contribution >= 4 is 39.0 Å². The second-order valence-electron chi connectivity index (χ2n) is 4.76. The Kier molecular flexibility index (Phi) is 3.09. The highest BCUT2D eigenvalue weighted by atomic mass is 32.1. The van der Waals surface area contributed by atoms with Gasteiger partial charge in [0, 0.05) is 24.7 Å². The first kappa shape index (κ1) is 13.5. The van der Waals surface area contributed by atoms with E-state index in [1.165, 1.54) is 11.3 Å². The van der Waals surface area contributed by atoms with Crippen LogP contribution < -0.4 is 11.1 Å². The van der Waals surface area contributed by atoms with Gasteiger partial charge in [-0.1, -0.05) is 0 Å². The molecule has 0 radical (unpaired) electrons. The third-order valence-corrected chi connectivity index (χ3v) is 4.39. The van der Waals surface area contributed by atoms with Crippen LogP contribution in [0.2, 0.25) is 0 Å². The Bertz CT molecular complexity index is 850. The number of carbonyl (C=O) groups excluding carboxylic acids is 1. The fourth-order valence-corrected chi connectivity index (χ4v) is 3.06. The van der Waals surface area contributed by atoms with E-state index in [9.17, 15) is 4.79 Å². The molecular weight excluding hydrogens is 288 g/mol. The highest BCUT2D eigenvalue weighted by molar-refractivity contribution is 7.21. The molecule has 3 aromatic rings. The Balaban J connectivity index is 2.02. The summed E-state index contributed by atoms with van der Waals surface area (Å²) in [6, 6.07) is 1.72. The summed E-state index contributed by atoms with van der Waals surface area (Å²) >= 11 is 1.24. The second kappa shape index (κ2) is 4.81. The summed E-state index contributed by atoms with van der Waals surface area (Å²) in [6.07, 6.45) is 1.75.